The number of anilines is 1. The summed E-state index contributed by atoms with van der Waals surface area (Å²) >= 11 is 8.59. The molecular formula is C46H62ClN7O8S. The molecule has 1 unspecified atom stereocenters. The number of fused-ring (bicyclic) bond motifs is 2. The molecule has 17 heteroatoms. The minimum atomic E-state index is -1.02. The van der Waals surface area contributed by atoms with Crippen LogP contribution in [0.15, 0.2) is 23.6 Å². The number of carbonyl (C=O) groups is 4. The normalized spacial score (nSPS) is 27.2. The average Bonchev–Trinajstić information content (AvgIpc) is 3.91. The summed E-state index contributed by atoms with van der Waals surface area (Å²) in [6.45, 7) is 17.4. The number of hydrogen-bond acceptors (Lipinski definition) is 13. The van der Waals surface area contributed by atoms with Crippen LogP contribution in [-0.4, -0.2) is 125 Å². The predicted molar refractivity (Wildman–Crippen MR) is 241 cm³/mol. The van der Waals surface area contributed by atoms with Gasteiger partial charge >= 0.3 is 6.09 Å². The molecule has 3 N–H and O–H groups in total. The second-order valence-electron chi connectivity index (χ2n) is 19.4. The number of thiazole rings is 1. The van der Waals surface area contributed by atoms with Crippen LogP contribution in [0.3, 0.4) is 0 Å². The van der Waals surface area contributed by atoms with Gasteiger partial charge in [-0.15, -0.1) is 11.3 Å². The zero-order valence-electron chi connectivity index (χ0n) is 37.5. The first-order chi connectivity index (χ1) is 30.0. The Hall–Kier alpha value is -4.25. The van der Waals surface area contributed by atoms with Crippen molar-refractivity contribution in [2.24, 2.45) is 23.2 Å². The van der Waals surface area contributed by atoms with Crippen LogP contribution in [0.2, 0.25) is 5.02 Å². The van der Waals surface area contributed by atoms with Gasteiger partial charge < -0.3 is 39.8 Å². The molecule has 5 aliphatic rings. The lowest BCUT2D eigenvalue weighted by molar-refractivity contribution is -0.142. The lowest BCUT2D eigenvalue weighted by atomic mass is 9.85. The second-order valence-corrected chi connectivity index (χ2v) is 20.7. The number of halogens is 1. The highest BCUT2D eigenvalue weighted by Crippen LogP contribution is 2.52. The Bertz CT molecular complexity index is 2200. The van der Waals surface area contributed by atoms with E-state index in [4.69, 9.17) is 40.5 Å². The van der Waals surface area contributed by atoms with Crippen molar-refractivity contribution >= 4 is 62.7 Å². The zero-order chi connectivity index (χ0) is 44.8. The van der Waals surface area contributed by atoms with Crippen molar-refractivity contribution in [1.82, 2.24) is 30.4 Å². The van der Waals surface area contributed by atoms with Crippen molar-refractivity contribution in [3.63, 3.8) is 0 Å². The fourth-order valence-electron chi connectivity index (χ4n) is 9.59. The molecule has 4 heterocycles. The smallest absolute Gasteiger partial charge is 0.408 e. The number of alkyl carbamates (subject to hydrolysis) is 1. The van der Waals surface area contributed by atoms with E-state index in [2.05, 4.69) is 20.9 Å². The van der Waals surface area contributed by atoms with E-state index < -0.39 is 47.0 Å². The van der Waals surface area contributed by atoms with E-state index in [1.165, 1.54) is 29.6 Å². The lowest BCUT2D eigenvalue weighted by Crippen LogP contribution is -2.59. The molecule has 3 aliphatic carbocycles. The Morgan fingerprint density at radius 3 is 2.43 bits per heavy atom. The van der Waals surface area contributed by atoms with Gasteiger partial charge in [0.1, 0.15) is 58.7 Å². The summed E-state index contributed by atoms with van der Waals surface area (Å²) in [4.78, 5) is 69.3. The van der Waals surface area contributed by atoms with Gasteiger partial charge in [0.25, 0.3) is 0 Å². The van der Waals surface area contributed by atoms with Gasteiger partial charge in [0, 0.05) is 48.9 Å². The van der Waals surface area contributed by atoms with Crippen LogP contribution in [0.25, 0.3) is 22.3 Å². The number of pyridine rings is 1. The lowest BCUT2D eigenvalue weighted by Gasteiger charge is -2.35. The van der Waals surface area contributed by atoms with Gasteiger partial charge in [0.2, 0.25) is 11.8 Å². The number of benzene rings is 1. The molecule has 3 aromatic rings. The average molecular weight is 909 g/mol. The fourth-order valence-corrected chi connectivity index (χ4v) is 10.7. The van der Waals surface area contributed by atoms with Crippen molar-refractivity contribution in [2.75, 3.05) is 51.3 Å². The molecule has 2 aromatic heterocycles. The van der Waals surface area contributed by atoms with E-state index in [-0.39, 0.29) is 36.8 Å². The molecule has 342 valence electrons. The predicted octanol–water partition coefficient (Wildman–Crippen LogP) is 6.70. The number of likely N-dealkylation sites (tertiary alicyclic amines) is 1. The number of ketones is 1. The number of morpholine rings is 1. The van der Waals surface area contributed by atoms with Gasteiger partial charge in [0.05, 0.1) is 31.0 Å². The first kappa shape index (κ1) is 45.3. The van der Waals surface area contributed by atoms with E-state index in [1.807, 2.05) is 59.1 Å². The maximum absolute atomic E-state index is 14.9. The fraction of sp³-hybridized carbons (Fsp3) is 0.652. The molecule has 0 spiro atoms. The van der Waals surface area contributed by atoms with E-state index in [0.29, 0.717) is 76.9 Å². The Balaban J connectivity index is 1.09. The zero-order valence-corrected chi connectivity index (χ0v) is 39.0. The highest BCUT2D eigenvalue weighted by molar-refractivity contribution is 7.14. The summed E-state index contributed by atoms with van der Waals surface area (Å²) in [5, 5.41) is 12.9. The van der Waals surface area contributed by atoms with Gasteiger partial charge in [-0.2, -0.15) is 0 Å². The number of amides is 3. The summed E-state index contributed by atoms with van der Waals surface area (Å²) < 4.78 is 24.4. The van der Waals surface area contributed by atoms with Crippen LogP contribution < -0.4 is 25.4 Å². The van der Waals surface area contributed by atoms with E-state index in [9.17, 15) is 19.2 Å². The third-order valence-electron chi connectivity index (χ3n) is 13.4. The molecule has 2 saturated heterocycles. The molecule has 8 atom stereocenters. The molecule has 8 rings (SSSR count). The summed E-state index contributed by atoms with van der Waals surface area (Å²) in [5.41, 5.74) is -0.119. The van der Waals surface area contributed by atoms with Gasteiger partial charge in [-0.1, -0.05) is 45.7 Å². The summed E-state index contributed by atoms with van der Waals surface area (Å²) in [7, 11) is 0. The third kappa shape index (κ3) is 10.0. The number of aromatic nitrogens is 2. The number of Topliss-reactive ketones (excluding diaryl/α,β-unsaturated/α-hetero) is 1. The van der Waals surface area contributed by atoms with Crippen molar-refractivity contribution in [3.05, 3.63) is 28.6 Å². The van der Waals surface area contributed by atoms with Crippen molar-refractivity contribution in [2.45, 2.75) is 123 Å². The summed E-state index contributed by atoms with van der Waals surface area (Å²) in [5.74, 6) is 1.19. The number of hydrogen-bond donors (Lipinski definition) is 3. The molecule has 5 fully saturated rings. The minimum Gasteiger partial charge on any atom is -0.491 e. The Labute approximate surface area is 378 Å². The Morgan fingerprint density at radius 1 is 1.02 bits per heavy atom. The topological polar surface area (TPSA) is 174 Å². The molecule has 0 radical (unpaired) electrons. The van der Waals surface area contributed by atoms with E-state index >= 15 is 0 Å². The van der Waals surface area contributed by atoms with E-state index in [0.717, 1.165) is 44.0 Å². The standard InChI is InChI=1S/C46H62ClN7O8S/c1-8-29-22-46(29,26(4)55)52-41(56)35-20-31(23-54(35)42(57)40(45(5,6)7)51-44(58)62-30-18-27-17-28(27)19-30)61-37-21-33(34-24-63-43(50-34)48-25(2)3)49-39-32(37)9-10-36(38(39)47)60-16-13-53-11-14-59-15-12-53/h9-10,21,24-25,27-31,35,40H,8,11-20,22-23H2,1-7H3,(H,48,50)(H,51,58)(H,52,56)/t27-,28+,29?,30+,31-,35+,40-,46+/m1/s1. The molecule has 1 aromatic carbocycles. The molecular weight excluding hydrogens is 846 g/mol. The maximum Gasteiger partial charge on any atom is 0.408 e. The van der Waals surface area contributed by atoms with E-state index in [1.54, 1.807) is 6.07 Å². The van der Waals surface area contributed by atoms with Crippen LogP contribution in [0.4, 0.5) is 9.93 Å². The van der Waals surface area contributed by atoms with Gasteiger partial charge in [0.15, 0.2) is 10.9 Å². The number of nitrogens with one attached hydrogen (secondary N) is 3. The molecule has 2 aliphatic heterocycles. The second kappa shape index (κ2) is 18.3. The molecule has 3 amide bonds. The minimum absolute atomic E-state index is 0.0125. The maximum atomic E-state index is 14.9. The van der Waals surface area contributed by atoms with Crippen LogP contribution >= 0.6 is 22.9 Å². The van der Waals surface area contributed by atoms with Crippen LogP contribution in [0.5, 0.6) is 11.5 Å². The SMILES string of the molecule is CCC1C[C@]1(NC(=O)[C@@H]1C[C@@H](Oc2cc(-c3csc(NC(C)C)n3)nc3c(Cl)c(OCCN4CCOCC4)ccc23)CN1C(=O)[C@@H](NC(=O)O[C@@H]1C[C@@H]2C[C@@H]2C1)C(C)(C)C)C(C)=O. The Kier molecular flexibility index (Phi) is 13.2. The molecule has 15 nitrogen and oxygen atoms in total. The quantitative estimate of drug-likeness (QED) is 0.139. The summed E-state index contributed by atoms with van der Waals surface area (Å²) in [6, 6.07) is 3.64. The number of ether oxygens (including phenoxy) is 4. The highest BCUT2D eigenvalue weighted by atomic mass is 35.5. The third-order valence-corrected chi connectivity index (χ3v) is 14.5. The van der Waals surface area contributed by atoms with Crippen molar-refractivity contribution < 1.29 is 38.1 Å². The summed E-state index contributed by atoms with van der Waals surface area (Å²) in [6.07, 6.45) is 2.78. The first-order valence-electron chi connectivity index (χ1n) is 22.6. The van der Waals surface area contributed by atoms with Gasteiger partial charge in [-0.3, -0.25) is 19.3 Å². The van der Waals surface area contributed by atoms with Crippen molar-refractivity contribution in [1.29, 1.82) is 0 Å². The van der Waals surface area contributed by atoms with Gasteiger partial charge in [-0.25, -0.2) is 14.8 Å². The Morgan fingerprint density at radius 2 is 1.76 bits per heavy atom. The molecule has 0 bridgehead atoms. The van der Waals surface area contributed by atoms with Crippen molar-refractivity contribution in [3.8, 4) is 22.9 Å². The number of nitrogens with zero attached hydrogens (tertiary/aromatic N) is 4. The number of carbonyl (C=O) groups excluding carboxylic acids is 4. The van der Waals surface area contributed by atoms with Gasteiger partial charge in [-0.05, 0) is 81.8 Å². The number of rotatable bonds is 16. The van der Waals surface area contributed by atoms with Crippen LogP contribution in [0, 0.1) is 23.2 Å². The monoisotopic (exact) mass is 907 g/mol. The molecule has 3 saturated carbocycles. The highest BCUT2D eigenvalue weighted by Gasteiger charge is 2.59. The van der Waals surface area contributed by atoms with Crippen LogP contribution in [-0.2, 0) is 23.9 Å². The van der Waals surface area contributed by atoms with Crippen LogP contribution in [0.1, 0.15) is 87.0 Å². The molecule has 63 heavy (non-hydrogen) atoms. The first-order valence-corrected chi connectivity index (χ1v) is 23.8. The largest absolute Gasteiger partial charge is 0.491 e.